The van der Waals surface area contributed by atoms with Crippen LogP contribution in [0.25, 0.3) is 0 Å². The zero-order valence-corrected chi connectivity index (χ0v) is 6.02. The van der Waals surface area contributed by atoms with Crippen molar-refractivity contribution in [3.8, 4) is 0 Å². The van der Waals surface area contributed by atoms with Crippen LogP contribution in [0, 0.1) is 6.42 Å². The molecule has 1 aliphatic rings. The van der Waals surface area contributed by atoms with E-state index in [-0.39, 0.29) is 0 Å². The largest absolute Gasteiger partial charge is 0.150 e. The average molecular weight is 133 g/mol. The highest BCUT2D eigenvalue weighted by Crippen LogP contribution is 2.30. The van der Waals surface area contributed by atoms with Gasteiger partial charge in [-0.05, 0) is 6.42 Å². The molecular formula is C5H9S2. The summed E-state index contributed by atoms with van der Waals surface area (Å²) in [6, 6.07) is 0. The SMILES string of the molecule is C[CH]C1CSCS1. The Kier molecular flexibility index (Phi) is 2.40. The Bertz CT molecular complexity index is 48.0. The molecule has 0 spiro atoms. The first-order valence-corrected chi connectivity index (χ1v) is 4.62. The average Bonchev–Trinajstić information content (AvgIpc) is 2.14. The second-order valence-corrected chi connectivity index (χ2v) is 4.15. The van der Waals surface area contributed by atoms with Crippen LogP contribution in [0.5, 0.6) is 0 Å². The van der Waals surface area contributed by atoms with Crippen LogP contribution in [0.1, 0.15) is 6.92 Å². The fraction of sp³-hybridized carbons (Fsp3) is 0.800. The lowest BCUT2D eigenvalue weighted by atomic mass is 10.4. The molecule has 1 heterocycles. The molecule has 1 atom stereocenters. The smallest absolute Gasteiger partial charge is 0.0395 e. The van der Waals surface area contributed by atoms with E-state index in [4.69, 9.17) is 0 Å². The fourth-order valence-corrected chi connectivity index (χ4v) is 3.30. The van der Waals surface area contributed by atoms with Crippen LogP contribution in [-0.2, 0) is 0 Å². The lowest BCUT2D eigenvalue weighted by Crippen LogP contribution is -1.96. The molecule has 2 heteroatoms. The van der Waals surface area contributed by atoms with Gasteiger partial charge in [-0.15, -0.1) is 23.5 Å². The second-order valence-electron chi connectivity index (χ2n) is 1.53. The van der Waals surface area contributed by atoms with E-state index in [1.165, 1.54) is 10.8 Å². The highest BCUT2D eigenvalue weighted by Gasteiger charge is 2.12. The van der Waals surface area contributed by atoms with Crippen molar-refractivity contribution in [1.29, 1.82) is 0 Å². The molecule has 41 valence electrons. The molecule has 0 bridgehead atoms. The first-order chi connectivity index (χ1) is 3.43. The fourth-order valence-electron chi connectivity index (χ4n) is 0.540. The number of hydrogen-bond acceptors (Lipinski definition) is 2. The predicted molar refractivity (Wildman–Crippen MR) is 38.7 cm³/mol. The Balaban J connectivity index is 2.14. The highest BCUT2D eigenvalue weighted by atomic mass is 32.2. The molecule has 0 N–H and O–H groups in total. The molecule has 0 aliphatic carbocycles. The van der Waals surface area contributed by atoms with Gasteiger partial charge in [-0.2, -0.15) is 0 Å². The molecule has 0 nitrogen and oxygen atoms in total. The summed E-state index contributed by atoms with van der Waals surface area (Å²) >= 11 is 4.09. The maximum absolute atomic E-state index is 2.28. The van der Waals surface area contributed by atoms with Crippen molar-refractivity contribution < 1.29 is 0 Å². The predicted octanol–water partition coefficient (Wildman–Crippen LogP) is 2.02. The van der Waals surface area contributed by atoms with Gasteiger partial charge in [0.2, 0.25) is 0 Å². The van der Waals surface area contributed by atoms with Gasteiger partial charge in [-0.3, -0.25) is 0 Å². The Morgan fingerprint density at radius 3 is 2.86 bits per heavy atom. The van der Waals surface area contributed by atoms with Gasteiger partial charge < -0.3 is 0 Å². The molecule has 0 aromatic carbocycles. The van der Waals surface area contributed by atoms with Crippen LogP contribution in [-0.4, -0.2) is 16.1 Å². The minimum atomic E-state index is 0.852. The summed E-state index contributed by atoms with van der Waals surface area (Å²) in [4.78, 5) is 0. The van der Waals surface area contributed by atoms with Crippen LogP contribution in [0.4, 0.5) is 0 Å². The van der Waals surface area contributed by atoms with Crippen LogP contribution >= 0.6 is 23.5 Å². The lowest BCUT2D eigenvalue weighted by molar-refractivity contribution is 1.15. The Morgan fingerprint density at radius 2 is 2.57 bits per heavy atom. The zero-order valence-electron chi connectivity index (χ0n) is 4.39. The van der Waals surface area contributed by atoms with Crippen molar-refractivity contribution in [1.82, 2.24) is 0 Å². The van der Waals surface area contributed by atoms with E-state index in [0.29, 0.717) is 0 Å². The number of hydrogen-bond donors (Lipinski definition) is 0. The first kappa shape index (κ1) is 5.83. The summed E-state index contributed by atoms with van der Waals surface area (Å²) in [7, 11) is 0. The van der Waals surface area contributed by atoms with Gasteiger partial charge in [-0.25, -0.2) is 0 Å². The zero-order chi connectivity index (χ0) is 5.11. The van der Waals surface area contributed by atoms with Crippen molar-refractivity contribution in [2.45, 2.75) is 12.2 Å². The molecule has 0 aromatic heterocycles. The topological polar surface area (TPSA) is 0 Å². The Hall–Kier alpha value is 0.700. The third kappa shape index (κ3) is 1.57. The summed E-state index contributed by atoms with van der Waals surface area (Å²) < 4.78 is 0. The van der Waals surface area contributed by atoms with Crippen LogP contribution in [0.3, 0.4) is 0 Å². The molecule has 1 aliphatic heterocycles. The Labute approximate surface area is 53.4 Å². The molecular weight excluding hydrogens is 124 g/mol. The van der Waals surface area contributed by atoms with Gasteiger partial charge in [-0.1, -0.05) is 6.92 Å². The molecule has 1 unspecified atom stereocenters. The summed E-state index contributed by atoms with van der Waals surface area (Å²) in [5.41, 5.74) is 0. The highest BCUT2D eigenvalue weighted by molar-refractivity contribution is 8.19. The van der Waals surface area contributed by atoms with Gasteiger partial charge in [0.15, 0.2) is 0 Å². The lowest BCUT2D eigenvalue weighted by Gasteiger charge is -1.97. The van der Waals surface area contributed by atoms with Crippen molar-refractivity contribution in [2.75, 3.05) is 10.8 Å². The molecule has 1 rings (SSSR count). The van der Waals surface area contributed by atoms with Gasteiger partial charge in [0.1, 0.15) is 0 Å². The van der Waals surface area contributed by atoms with Crippen molar-refractivity contribution in [2.24, 2.45) is 0 Å². The summed E-state index contributed by atoms with van der Waals surface area (Å²) in [6.45, 7) is 2.14. The van der Waals surface area contributed by atoms with E-state index in [1.807, 2.05) is 23.5 Å². The second kappa shape index (κ2) is 2.88. The summed E-state index contributed by atoms with van der Waals surface area (Å²) in [5, 5.41) is 2.15. The minimum absolute atomic E-state index is 0.852. The molecule has 0 aromatic rings. The normalized spacial score (nSPS) is 31.3. The Morgan fingerprint density at radius 1 is 1.71 bits per heavy atom. The van der Waals surface area contributed by atoms with Gasteiger partial charge in [0.05, 0.1) is 0 Å². The molecule has 1 fully saturated rings. The van der Waals surface area contributed by atoms with E-state index >= 15 is 0 Å². The van der Waals surface area contributed by atoms with E-state index in [0.717, 1.165) is 5.25 Å². The molecule has 0 amide bonds. The van der Waals surface area contributed by atoms with E-state index < -0.39 is 0 Å². The standard InChI is InChI=1S/C5H9S2/c1-2-5-3-6-4-7-5/h2,5H,3-4H2,1H3. The van der Waals surface area contributed by atoms with Crippen LogP contribution < -0.4 is 0 Å². The van der Waals surface area contributed by atoms with Crippen molar-refractivity contribution in [3.05, 3.63) is 6.42 Å². The van der Waals surface area contributed by atoms with E-state index in [1.54, 1.807) is 0 Å². The quantitative estimate of drug-likeness (QED) is 0.536. The maximum atomic E-state index is 2.28. The van der Waals surface area contributed by atoms with E-state index in [2.05, 4.69) is 13.3 Å². The molecule has 7 heavy (non-hydrogen) atoms. The van der Waals surface area contributed by atoms with E-state index in [9.17, 15) is 0 Å². The molecule has 1 radical (unpaired) electrons. The maximum Gasteiger partial charge on any atom is 0.0395 e. The summed E-state index contributed by atoms with van der Waals surface area (Å²) in [5.74, 6) is 1.33. The van der Waals surface area contributed by atoms with Crippen molar-refractivity contribution in [3.63, 3.8) is 0 Å². The molecule has 1 saturated heterocycles. The van der Waals surface area contributed by atoms with Gasteiger partial charge >= 0.3 is 0 Å². The van der Waals surface area contributed by atoms with Crippen LogP contribution in [0.15, 0.2) is 0 Å². The van der Waals surface area contributed by atoms with Crippen LogP contribution in [0.2, 0.25) is 0 Å². The number of thioether (sulfide) groups is 2. The van der Waals surface area contributed by atoms with Gasteiger partial charge in [0.25, 0.3) is 0 Å². The minimum Gasteiger partial charge on any atom is -0.150 e. The van der Waals surface area contributed by atoms with Crippen molar-refractivity contribution >= 4 is 23.5 Å². The third-order valence-electron chi connectivity index (χ3n) is 1.02. The third-order valence-corrected chi connectivity index (χ3v) is 3.90. The number of rotatable bonds is 1. The van der Waals surface area contributed by atoms with Gasteiger partial charge in [0, 0.05) is 16.1 Å². The first-order valence-electron chi connectivity index (χ1n) is 2.42. The molecule has 0 saturated carbocycles. The summed E-state index contributed by atoms with van der Waals surface area (Å²) in [6.07, 6.45) is 2.28. The monoisotopic (exact) mass is 133 g/mol.